The van der Waals surface area contributed by atoms with Crippen LogP contribution in [0.15, 0.2) is 48.5 Å². The van der Waals surface area contributed by atoms with Crippen LogP contribution in [-0.2, 0) is 11.3 Å². The third-order valence-corrected chi connectivity index (χ3v) is 6.38. The first-order valence-electron chi connectivity index (χ1n) is 11.9. The van der Waals surface area contributed by atoms with Crippen molar-refractivity contribution >= 4 is 11.8 Å². The number of rotatable bonds is 9. The molecule has 0 radical (unpaired) electrons. The van der Waals surface area contributed by atoms with Crippen LogP contribution in [0.4, 0.5) is 4.39 Å². The van der Waals surface area contributed by atoms with Gasteiger partial charge in [-0.25, -0.2) is 4.39 Å². The van der Waals surface area contributed by atoms with Crippen LogP contribution in [-0.4, -0.2) is 85.5 Å². The monoisotopic (exact) mass is 468 g/mol. The van der Waals surface area contributed by atoms with E-state index in [0.29, 0.717) is 31.7 Å². The number of nitrogens with zero attached hydrogens (tertiary/aromatic N) is 3. The number of likely N-dealkylation sites (N-methyl/N-ethyl adjacent to an activating group) is 1. The summed E-state index contributed by atoms with van der Waals surface area (Å²) in [7, 11) is 2.07. The first-order valence-corrected chi connectivity index (χ1v) is 11.9. The Hall–Kier alpha value is -2.97. The van der Waals surface area contributed by atoms with Crippen molar-refractivity contribution in [2.45, 2.75) is 25.4 Å². The second kappa shape index (κ2) is 11.4. The maximum atomic E-state index is 13.4. The number of nitrogens with one attached hydrogen (secondary N) is 1. The summed E-state index contributed by atoms with van der Waals surface area (Å²) in [6.07, 6.45) is 1.53. The molecule has 34 heavy (non-hydrogen) atoms. The highest BCUT2D eigenvalue weighted by atomic mass is 19.1. The summed E-state index contributed by atoms with van der Waals surface area (Å²) in [5.74, 6) is 0.487. The van der Waals surface area contributed by atoms with Crippen molar-refractivity contribution in [1.82, 2.24) is 20.0 Å². The molecule has 7 nitrogen and oxygen atoms in total. The zero-order valence-corrected chi connectivity index (χ0v) is 19.7. The summed E-state index contributed by atoms with van der Waals surface area (Å²) in [4.78, 5) is 30.2. The van der Waals surface area contributed by atoms with Crippen molar-refractivity contribution in [1.29, 1.82) is 0 Å². The maximum Gasteiger partial charge on any atom is 0.254 e. The Kier molecular flexibility index (Phi) is 8.13. The van der Waals surface area contributed by atoms with Gasteiger partial charge in [-0.2, -0.15) is 0 Å². The molecule has 2 aliphatic heterocycles. The van der Waals surface area contributed by atoms with Crippen molar-refractivity contribution in [2.75, 3.05) is 52.9 Å². The molecule has 182 valence electrons. The summed E-state index contributed by atoms with van der Waals surface area (Å²) in [6, 6.07) is 14.2. The van der Waals surface area contributed by atoms with Gasteiger partial charge >= 0.3 is 0 Å². The number of ether oxygens (including phenoxy) is 1. The Morgan fingerprint density at radius 3 is 2.68 bits per heavy atom. The highest BCUT2D eigenvalue weighted by Crippen LogP contribution is 2.16. The second-order valence-electron chi connectivity index (χ2n) is 9.14. The predicted octanol–water partition coefficient (Wildman–Crippen LogP) is 2.37. The van der Waals surface area contributed by atoms with E-state index in [1.165, 1.54) is 17.7 Å². The molecule has 8 heteroatoms. The van der Waals surface area contributed by atoms with E-state index in [1.54, 1.807) is 17.0 Å². The minimum atomic E-state index is -0.389. The van der Waals surface area contributed by atoms with Gasteiger partial charge in [0.15, 0.2) is 0 Å². The highest BCUT2D eigenvalue weighted by molar-refractivity contribution is 5.94. The SMILES string of the molecule is CN(Cc1cccc(OCCN2CCN(C(=O)c3cccc(F)c3)CC2)c1)CC1CCC(=O)N1. The Morgan fingerprint density at radius 1 is 1.15 bits per heavy atom. The summed E-state index contributed by atoms with van der Waals surface area (Å²) < 4.78 is 19.4. The Balaban J connectivity index is 1.17. The van der Waals surface area contributed by atoms with Gasteiger partial charge in [-0.1, -0.05) is 18.2 Å². The van der Waals surface area contributed by atoms with E-state index in [-0.39, 0.29) is 23.7 Å². The molecular weight excluding hydrogens is 435 g/mol. The van der Waals surface area contributed by atoms with Gasteiger partial charge in [0, 0.05) is 63.8 Å². The number of hydrogen-bond acceptors (Lipinski definition) is 5. The van der Waals surface area contributed by atoms with Crippen LogP contribution >= 0.6 is 0 Å². The van der Waals surface area contributed by atoms with Crippen LogP contribution < -0.4 is 10.1 Å². The van der Waals surface area contributed by atoms with Crippen LogP contribution in [0.2, 0.25) is 0 Å². The molecular formula is C26H33FN4O3. The normalized spacial score (nSPS) is 18.9. The Morgan fingerprint density at radius 2 is 1.94 bits per heavy atom. The minimum Gasteiger partial charge on any atom is -0.492 e. The molecule has 0 bridgehead atoms. The third-order valence-electron chi connectivity index (χ3n) is 6.38. The van der Waals surface area contributed by atoms with E-state index < -0.39 is 0 Å². The van der Waals surface area contributed by atoms with E-state index in [9.17, 15) is 14.0 Å². The molecule has 0 saturated carbocycles. The lowest BCUT2D eigenvalue weighted by molar-refractivity contribution is -0.119. The van der Waals surface area contributed by atoms with E-state index in [1.807, 2.05) is 12.1 Å². The van der Waals surface area contributed by atoms with Gasteiger partial charge in [0.1, 0.15) is 18.2 Å². The highest BCUT2D eigenvalue weighted by Gasteiger charge is 2.23. The molecule has 2 aliphatic rings. The molecule has 2 saturated heterocycles. The zero-order chi connectivity index (χ0) is 23.9. The topological polar surface area (TPSA) is 65.1 Å². The first-order chi connectivity index (χ1) is 16.5. The van der Waals surface area contributed by atoms with Crippen molar-refractivity contribution in [3.63, 3.8) is 0 Å². The number of benzene rings is 2. The number of carbonyl (C=O) groups is 2. The number of halogens is 1. The van der Waals surface area contributed by atoms with Gasteiger partial charge in [-0.3, -0.25) is 14.5 Å². The zero-order valence-electron chi connectivity index (χ0n) is 19.7. The molecule has 2 aromatic rings. The molecule has 2 fully saturated rings. The van der Waals surface area contributed by atoms with Crippen LogP contribution in [0.25, 0.3) is 0 Å². The molecule has 0 aromatic heterocycles. The molecule has 1 atom stereocenters. The molecule has 0 spiro atoms. The maximum absolute atomic E-state index is 13.4. The van der Waals surface area contributed by atoms with E-state index in [0.717, 1.165) is 44.9 Å². The van der Waals surface area contributed by atoms with Crippen LogP contribution in [0.1, 0.15) is 28.8 Å². The second-order valence-corrected chi connectivity index (χ2v) is 9.14. The largest absolute Gasteiger partial charge is 0.492 e. The standard InChI is InChI=1S/C26H33FN4O3/c1-29(19-23-8-9-25(32)28-23)18-20-4-2-7-24(16-20)34-15-14-30-10-12-31(13-11-30)26(33)21-5-3-6-22(27)17-21/h2-7,16-17,23H,8-15,18-19H2,1H3,(H,28,32). The molecule has 4 rings (SSSR count). The lowest BCUT2D eigenvalue weighted by Crippen LogP contribution is -2.49. The van der Waals surface area contributed by atoms with Gasteiger partial charge < -0.3 is 19.9 Å². The smallest absolute Gasteiger partial charge is 0.254 e. The van der Waals surface area contributed by atoms with Crippen LogP contribution in [0.3, 0.4) is 0 Å². The molecule has 1 N–H and O–H groups in total. The fraction of sp³-hybridized carbons (Fsp3) is 0.462. The molecule has 0 aliphatic carbocycles. The van der Waals surface area contributed by atoms with Crippen LogP contribution in [0, 0.1) is 5.82 Å². The van der Waals surface area contributed by atoms with E-state index >= 15 is 0 Å². The Labute approximate surface area is 200 Å². The third kappa shape index (κ3) is 6.77. The fourth-order valence-corrected chi connectivity index (χ4v) is 4.57. The van der Waals surface area contributed by atoms with Gasteiger partial charge in [0.2, 0.25) is 5.91 Å². The van der Waals surface area contributed by atoms with E-state index in [4.69, 9.17) is 4.74 Å². The number of piperazine rings is 1. The first kappa shape index (κ1) is 24.2. The molecule has 2 heterocycles. The average molecular weight is 469 g/mol. The lowest BCUT2D eigenvalue weighted by Gasteiger charge is -2.34. The lowest BCUT2D eigenvalue weighted by atomic mass is 10.1. The summed E-state index contributed by atoms with van der Waals surface area (Å²) in [6.45, 7) is 5.78. The van der Waals surface area contributed by atoms with Gasteiger partial charge in [-0.05, 0) is 49.4 Å². The van der Waals surface area contributed by atoms with Crippen molar-refractivity contribution in [3.05, 3.63) is 65.5 Å². The molecule has 2 amide bonds. The Bertz CT molecular complexity index is 994. The average Bonchev–Trinajstić information content (AvgIpc) is 3.23. The van der Waals surface area contributed by atoms with Gasteiger partial charge in [0.25, 0.3) is 5.91 Å². The number of hydrogen-bond donors (Lipinski definition) is 1. The van der Waals surface area contributed by atoms with Crippen LogP contribution in [0.5, 0.6) is 5.75 Å². The van der Waals surface area contributed by atoms with Crippen molar-refractivity contribution in [2.24, 2.45) is 0 Å². The molecule has 2 aromatic carbocycles. The minimum absolute atomic E-state index is 0.118. The van der Waals surface area contributed by atoms with Crippen molar-refractivity contribution < 1.29 is 18.7 Å². The summed E-state index contributed by atoms with van der Waals surface area (Å²) in [5.41, 5.74) is 1.57. The van der Waals surface area contributed by atoms with Crippen molar-refractivity contribution in [3.8, 4) is 5.75 Å². The molecule has 1 unspecified atom stereocenters. The van der Waals surface area contributed by atoms with E-state index in [2.05, 4.69) is 34.3 Å². The summed E-state index contributed by atoms with van der Waals surface area (Å²) in [5, 5.41) is 3.01. The fourth-order valence-electron chi connectivity index (χ4n) is 4.57. The quantitative estimate of drug-likeness (QED) is 0.612. The van der Waals surface area contributed by atoms with Gasteiger partial charge in [0.05, 0.1) is 0 Å². The predicted molar refractivity (Wildman–Crippen MR) is 128 cm³/mol. The van der Waals surface area contributed by atoms with Gasteiger partial charge in [-0.15, -0.1) is 0 Å². The summed E-state index contributed by atoms with van der Waals surface area (Å²) >= 11 is 0. The number of amides is 2. The number of carbonyl (C=O) groups excluding carboxylic acids is 2.